The number of benzene rings is 1. The van der Waals surface area contributed by atoms with Gasteiger partial charge in [0.1, 0.15) is 10.6 Å². The summed E-state index contributed by atoms with van der Waals surface area (Å²) in [6, 6.07) is 3.71. The van der Waals surface area contributed by atoms with Crippen LogP contribution >= 0.6 is 0 Å². The van der Waals surface area contributed by atoms with Crippen LogP contribution in [-0.4, -0.2) is 32.1 Å². The Morgan fingerprint density at radius 1 is 1.39 bits per heavy atom. The molecule has 6 nitrogen and oxygen atoms in total. The molecule has 1 aliphatic heterocycles. The van der Waals surface area contributed by atoms with E-state index in [-0.39, 0.29) is 21.8 Å². The molecule has 0 saturated carbocycles. The maximum Gasteiger partial charge on any atom is 0.261 e. The molecule has 7 heteroatoms. The first-order valence-corrected chi connectivity index (χ1v) is 10.9. The number of hydrogen-bond donors (Lipinski definition) is 1. The third kappa shape index (κ3) is 3.85. The highest BCUT2D eigenvalue weighted by Crippen LogP contribution is 2.33. The Balaban J connectivity index is 2.18. The van der Waals surface area contributed by atoms with Crippen molar-refractivity contribution in [2.24, 2.45) is 7.05 Å². The van der Waals surface area contributed by atoms with Crippen molar-refractivity contribution < 1.29 is 9.29 Å². The number of ether oxygens (including phenoxy) is 1. The highest BCUT2D eigenvalue weighted by molar-refractivity contribution is 7.90. The van der Waals surface area contributed by atoms with Crippen LogP contribution in [0.25, 0.3) is 10.9 Å². The second-order valence-electron chi connectivity index (χ2n) is 9.13. The molecule has 1 saturated heterocycles. The summed E-state index contributed by atoms with van der Waals surface area (Å²) in [5.74, 6) is 0.747. The van der Waals surface area contributed by atoms with Gasteiger partial charge >= 0.3 is 0 Å². The van der Waals surface area contributed by atoms with Crippen molar-refractivity contribution in [3.63, 3.8) is 0 Å². The first kappa shape index (κ1) is 21.3. The van der Waals surface area contributed by atoms with Gasteiger partial charge < -0.3 is 9.29 Å². The standard InChI is InChI=1S/C21H31N3O3S/c1-13-10-15(14(2)23-28(26)20(3,4)5)17-16(11-13)18(25)24(7)19(22-17)21(6)8-9-27-12-21/h10-11,14,23H,8-9,12H2,1-7H3/t14?,21?,28-/m1/s1. The zero-order valence-electron chi connectivity index (χ0n) is 17.9. The minimum absolute atomic E-state index is 0.0535. The van der Waals surface area contributed by atoms with Gasteiger partial charge in [-0.05, 0) is 52.7 Å². The lowest BCUT2D eigenvalue weighted by molar-refractivity contribution is 0.178. The molecule has 1 aromatic heterocycles. The summed E-state index contributed by atoms with van der Waals surface area (Å²) >= 11 is -1.22. The number of nitrogens with one attached hydrogen (secondary N) is 1. The average molecular weight is 406 g/mol. The molecule has 0 radical (unpaired) electrons. The number of hydrogen-bond acceptors (Lipinski definition) is 5. The van der Waals surface area contributed by atoms with Crippen molar-refractivity contribution in [2.45, 2.75) is 64.2 Å². The monoisotopic (exact) mass is 405 g/mol. The Hall–Kier alpha value is -1.41. The van der Waals surface area contributed by atoms with E-state index in [1.54, 1.807) is 11.6 Å². The van der Waals surface area contributed by atoms with Gasteiger partial charge in [0, 0.05) is 30.6 Å². The van der Waals surface area contributed by atoms with Crippen molar-refractivity contribution in [3.8, 4) is 0 Å². The van der Waals surface area contributed by atoms with Crippen LogP contribution in [0.3, 0.4) is 0 Å². The number of fused-ring (bicyclic) bond motifs is 1. The van der Waals surface area contributed by atoms with Crippen LogP contribution in [0.15, 0.2) is 16.9 Å². The van der Waals surface area contributed by atoms with Gasteiger partial charge in [-0.3, -0.25) is 9.36 Å². The van der Waals surface area contributed by atoms with Crippen LogP contribution in [0, 0.1) is 6.92 Å². The molecule has 1 fully saturated rings. The summed E-state index contributed by atoms with van der Waals surface area (Å²) in [5, 5.41) is 0.596. The zero-order chi connectivity index (χ0) is 20.9. The largest absolute Gasteiger partial charge is 0.598 e. The third-order valence-corrected chi connectivity index (χ3v) is 7.10. The molecule has 0 aliphatic carbocycles. The van der Waals surface area contributed by atoms with Crippen LogP contribution in [0.1, 0.15) is 64.0 Å². The van der Waals surface area contributed by atoms with E-state index >= 15 is 0 Å². The first-order valence-electron chi connectivity index (χ1n) is 9.71. The summed E-state index contributed by atoms with van der Waals surface area (Å²) in [6.45, 7) is 13.1. The highest BCUT2D eigenvalue weighted by atomic mass is 32.2. The molecular formula is C21H31N3O3S. The Kier molecular flexibility index (Phi) is 5.66. The lowest BCUT2D eigenvalue weighted by Gasteiger charge is -2.28. The third-order valence-electron chi connectivity index (χ3n) is 5.42. The number of rotatable bonds is 4. The molecular weight excluding hydrogens is 374 g/mol. The molecule has 3 atom stereocenters. The van der Waals surface area contributed by atoms with Crippen LogP contribution in [-0.2, 0) is 28.6 Å². The van der Waals surface area contributed by atoms with Crippen molar-refractivity contribution in [3.05, 3.63) is 39.4 Å². The Bertz CT molecular complexity index is 943. The zero-order valence-corrected chi connectivity index (χ0v) is 18.7. The van der Waals surface area contributed by atoms with Crippen LogP contribution in [0.5, 0.6) is 0 Å². The summed E-state index contributed by atoms with van der Waals surface area (Å²) < 4.78 is 22.7. The van der Waals surface area contributed by atoms with Gasteiger partial charge in [-0.25, -0.2) is 4.98 Å². The second kappa shape index (κ2) is 7.44. The van der Waals surface area contributed by atoms with Crippen molar-refractivity contribution in [1.29, 1.82) is 0 Å². The topological polar surface area (TPSA) is 79.2 Å². The van der Waals surface area contributed by atoms with E-state index in [9.17, 15) is 9.35 Å². The summed E-state index contributed by atoms with van der Waals surface area (Å²) in [7, 11) is 1.78. The second-order valence-corrected chi connectivity index (χ2v) is 11.1. The predicted octanol–water partition coefficient (Wildman–Crippen LogP) is 3.03. The lowest BCUT2D eigenvalue weighted by atomic mass is 9.88. The van der Waals surface area contributed by atoms with E-state index in [0.29, 0.717) is 24.1 Å². The quantitative estimate of drug-likeness (QED) is 0.791. The van der Waals surface area contributed by atoms with Crippen LogP contribution in [0.2, 0.25) is 0 Å². The summed E-state index contributed by atoms with van der Waals surface area (Å²) in [5.41, 5.74) is 2.23. The number of aromatic nitrogens is 2. The van der Waals surface area contributed by atoms with Gasteiger partial charge in [-0.2, -0.15) is 0 Å². The molecule has 1 N–H and O–H groups in total. The van der Waals surface area contributed by atoms with Gasteiger partial charge in [0.15, 0.2) is 0 Å². The fourth-order valence-electron chi connectivity index (χ4n) is 3.67. The van der Waals surface area contributed by atoms with E-state index in [2.05, 4.69) is 11.6 Å². The molecule has 2 unspecified atom stereocenters. The molecule has 154 valence electrons. The molecule has 0 spiro atoms. The van der Waals surface area contributed by atoms with Gasteiger partial charge in [0.05, 0.1) is 29.0 Å². The average Bonchev–Trinajstić information content (AvgIpc) is 3.04. The summed E-state index contributed by atoms with van der Waals surface area (Å²) in [6.07, 6.45) is 0.835. The van der Waals surface area contributed by atoms with E-state index in [0.717, 1.165) is 23.4 Å². The maximum absolute atomic E-state index is 13.2. The van der Waals surface area contributed by atoms with Gasteiger partial charge in [0.25, 0.3) is 5.56 Å². The lowest BCUT2D eigenvalue weighted by Crippen LogP contribution is -2.40. The predicted molar refractivity (Wildman–Crippen MR) is 114 cm³/mol. The normalized spacial score (nSPS) is 22.6. The molecule has 0 amide bonds. The SMILES string of the molecule is Cc1cc(C(C)N[S@+]([O-])C(C)(C)C)c2nc(C3(C)CCOC3)n(C)c(=O)c2c1. The molecule has 3 rings (SSSR count). The van der Waals surface area contributed by atoms with Crippen molar-refractivity contribution in [1.82, 2.24) is 14.3 Å². The van der Waals surface area contributed by atoms with Crippen molar-refractivity contribution in [2.75, 3.05) is 13.2 Å². The maximum atomic E-state index is 13.2. The van der Waals surface area contributed by atoms with E-state index < -0.39 is 11.4 Å². The van der Waals surface area contributed by atoms with Crippen LogP contribution < -0.4 is 10.3 Å². The molecule has 1 aliphatic rings. The van der Waals surface area contributed by atoms with Crippen LogP contribution in [0.4, 0.5) is 0 Å². The molecule has 2 heterocycles. The molecule has 0 bridgehead atoms. The molecule has 2 aromatic rings. The number of aryl methyl sites for hydroxylation is 1. The van der Waals surface area contributed by atoms with Gasteiger partial charge in [-0.1, -0.05) is 13.0 Å². The minimum atomic E-state index is -1.22. The highest BCUT2D eigenvalue weighted by Gasteiger charge is 2.36. The van der Waals surface area contributed by atoms with E-state index in [1.165, 1.54) is 0 Å². The van der Waals surface area contributed by atoms with Crippen molar-refractivity contribution >= 4 is 22.3 Å². The summed E-state index contributed by atoms with van der Waals surface area (Å²) in [4.78, 5) is 18.1. The smallest absolute Gasteiger partial charge is 0.261 e. The van der Waals surface area contributed by atoms with E-state index in [4.69, 9.17) is 9.72 Å². The Morgan fingerprint density at radius 2 is 2.07 bits per heavy atom. The van der Waals surface area contributed by atoms with Gasteiger partial charge in [0.2, 0.25) is 0 Å². The Morgan fingerprint density at radius 3 is 2.64 bits per heavy atom. The molecule has 1 aromatic carbocycles. The number of nitrogens with zero attached hydrogens (tertiary/aromatic N) is 2. The van der Waals surface area contributed by atoms with E-state index in [1.807, 2.05) is 46.8 Å². The fourth-order valence-corrected chi connectivity index (χ4v) is 4.47. The fraction of sp³-hybridized carbons (Fsp3) is 0.619. The minimum Gasteiger partial charge on any atom is -0.598 e. The first-order chi connectivity index (χ1) is 12.9. The van der Waals surface area contributed by atoms with Gasteiger partial charge in [-0.15, -0.1) is 4.72 Å². The molecule has 28 heavy (non-hydrogen) atoms. The Labute approximate surface area is 170 Å².